The van der Waals surface area contributed by atoms with E-state index in [-0.39, 0.29) is 36.4 Å². The standard InChI is InChI=1S/C22H16ClF3N4O5S2/c23-17-7-8-19(36-17)37(34,35)29-21(33)28-13-1-4-15(5-2-13)30-18(31)10-12-9-14(27-11-22(24,25)26)3-6-16(12)20(30)32/h1-10,27,32H,11H2,(H2,28,29,33). The van der Waals surface area contributed by atoms with Crippen LogP contribution in [0.15, 0.2) is 69.7 Å². The zero-order valence-electron chi connectivity index (χ0n) is 18.3. The molecule has 2 heterocycles. The number of rotatable bonds is 6. The molecule has 0 atom stereocenters. The number of carbonyl (C=O) groups excluding carboxylic acids is 1. The molecule has 4 N–H and O–H groups in total. The van der Waals surface area contributed by atoms with Gasteiger partial charge in [0, 0.05) is 22.8 Å². The van der Waals surface area contributed by atoms with E-state index in [1.165, 1.54) is 54.6 Å². The van der Waals surface area contributed by atoms with Crippen LogP contribution in [0.3, 0.4) is 0 Å². The summed E-state index contributed by atoms with van der Waals surface area (Å²) in [5.74, 6) is -0.441. The molecule has 15 heteroatoms. The molecule has 2 amide bonds. The molecule has 2 aromatic heterocycles. The number of anilines is 2. The summed E-state index contributed by atoms with van der Waals surface area (Å²) in [6, 6.07) is 12.4. The van der Waals surface area contributed by atoms with Crippen molar-refractivity contribution >= 4 is 61.1 Å². The number of thiophene rings is 1. The molecule has 0 aliphatic rings. The van der Waals surface area contributed by atoms with Gasteiger partial charge in [0.15, 0.2) is 0 Å². The summed E-state index contributed by atoms with van der Waals surface area (Å²) in [5.41, 5.74) is -0.124. The lowest BCUT2D eigenvalue weighted by Gasteiger charge is -2.14. The minimum Gasteiger partial charge on any atom is -0.494 e. The van der Waals surface area contributed by atoms with Crippen molar-refractivity contribution in [3.05, 3.63) is 75.4 Å². The molecule has 37 heavy (non-hydrogen) atoms. The third-order valence-corrected chi connectivity index (χ3v) is 7.97. The van der Waals surface area contributed by atoms with Gasteiger partial charge >= 0.3 is 12.2 Å². The summed E-state index contributed by atoms with van der Waals surface area (Å²) in [6.07, 6.45) is -4.42. The maximum Gasteiger partial charge on any atom is 0.405 e. The first kappa shape index (κ1) is 26.3. The van der Waals surface area contributed by atoms with Crippen LogP contribution in [0.25, 0.3) is 16.5 Å². The molecule has 2 aromatic carbocycles. The van der Waals surface area contributed by atoms with E-state index in [2.05, 4.69) is 10.6 Å². The van der Waals surface area contributed by atoms with E-state index < -0.39 is 40.2 Å². The topological polar surface area (TPSA) is 130 Å². The number of urea groups is 1. The predicted octanol–water partition coefficient (Wildman–Crippen LogP) is 4.90. The Hall–Kier alpha value is -3.75. The fourth-order valence-corrected chi connectivity index (χ4v) is 5.72. The van der Waals surface area contributed by atoms with Crippen molar-refractivity contribution in [1.29, 1.82) is 0 Å². The number of hydrogen-bond acceptors (Lipinski definition) is 7. The van der Waals surface area contributed by atoms with Crippen molar-refractivity contribution in [2.75, 3.05) is 17.2 Å². The second-order valence-electron chi connectivity index (χ2n) is 7.58. The minimum atomic E-state index is -4.42. The Balaban J connectivity index is 1.52. The molecule has 0 unspecified atom stereocenters. The van der Waals surface area contributed by atoms with Crippen molar-refractivity contribution in [2.24, 2.45) is 0 Å². The number of nitrogens with zero attached hydrogens (tertiary/aromatic N) is 1. The van der Waals surface area contributed by atoms with E-state index in [4.69, 9.17) is 11.6 Å². The monoisotopic (exact) mass is 572 g/mol. The first-order chi connectivity index (χ1) is 17.3. The van der Waals surface area contributed by atoms with Gasteiger partial charge in [-0.1, -0.05) is 11.6 Å². The van der Waals surface area contributed by atoms with Crippen LogP contribution < -0.4 is 20.9 Å². The molecule has 194 valence electrons. The average Bonchev–Trinajstić information content (AvgIpc) is 3.25. The van der Waals surface area contributed by atoms with E-state index in [0.717, 1.165) is 22.0 Å². The van der Waals surface area contributed by atoms with Crippen LogP contribution in [0.4, 0.5) is 29.3 Å². The summed E-state index contributed by atoms with van der Waals surface area (Å²) in [7, 11) is -4.12. The molecule has 9 nitrogen and oxygen atoms in total. The Bertz CT molecular complexity index is 1650. The summed E-state index contributed by atoms with van der Waals surface area (Å²) in [5, 5.41) is 15.7. The molecular weight excluding hydrogens is 557 g/mol. The summed E-state index contributed by atoms with van der Waals surface area (Å²) in [6.45, 7) is -1.26. The Labute approximate surface area is 216 Å². The molecule has 0 radical (unpaired) electrons. The molecule has 4 rings (SSSR count). The van der Waals surface area contributed by atoms with Gasteiger partial charge in [-0.2, -0.15) is 13.2 Å². The molecule has 0 aliphatic heterocycles. The van der Waals surface area contributed by atoms with E-state index in [0.29, 0.717) is 0 Å². The SMILES string of the molecule is O=C(Nc1ccc(-n2c(O)c3ccc(NCC(F)(F)F)cc3cc2=O)cc1)NS(=O)(=O)c1ccc(Cl)s1. The van der Waals surface area contributed by atoms with Crippen molar-refractivity contribution in [2.45, 2.75) is 10.4 Å². The maximum atomic E-state index is 12.7. The summed E-state index contributed by atoms with van der Waals surface area (Å²) < 4.78 is 64.7. The van der Waals surface area contributed by atoms with Gasteiger partial charge in [-0.3, -0.25) is 4.79 Å². The third-order valence-electron chi connectivity index (χ3n) is 4.92. The zero-order valence-corrected chi connectivity index (χ0v) is 20.7. The summed E-state index contributed by atoms with van der Waals surface area (Å²) in [4.78, 5) is 24.8. The van der Waals surface area contributed by atoms with Gasteiger partial charge in [0.1, 0.15) is 10.8 Å². The molecule has 0 bridgehead atoms. The van der Waals surface area contributed by atoms with Gasteiger partial charge < -0.3 is 15.7 Å². The Kier molecular flexibility index (Phi) is 7.08. The zero-order chi connectivity index (χ0) is 27.0. The van der Waals surface area contributed by atoms with Crippen molar-refractivity contribution in [1.82, 2.24) is 9.29 Å². The number of aromatic nitrogens is 1. The maximum absolute atomic E-state index is 12.7. The van der Waals surface area contributed by atoms with Crippen LogP contribution in [-0.4, -0.2) is 36.8 Å². The molecule has 0 spiro atoms. The van der Waals surface area contributed by atoms with E-state index in [1.54, 1.807) is 0 Å². The van der Waals surface area contributed by atoms with Crippen LogP contribution in [0.5, 0.6) is 5.88 Å². The van der Waals surface area contributed by atoms with Crippen molar-refractivity contribution in [3.8, 4) is 11.6 Å². The second-order valence-corrected chi connectivity index (χ2v) is 11.2. The van der Waals surface area contributed by atoms with Crippen molar-refractivity contribution in [3.63, 3.8) is 0 Å². The van der Waals surface area contributed by atoms with Crippen LogP contribution in [0.2, 0.25) is 4.34 Å². The van der Waals surface area contributed by atoms with Crippen LogP contribution >= 0.6 is 22.9 Å². The minimum absolute atomic E-state index is 0.124. The van der Waals surface area contributed by atoms with Crippen molar-refractivity contribution < 1.29 is 31.5 Å². The lowest BCUT2D eigenvalue weighted by atomic mass is 10.1. The highest BCUT2D eigenvalue weighted by molar-refractivity contribution is 7.92. The highest BCUT2D eigenvalue weighted by Gasteiger charge is 2.26. The van der Waals surface area contributed by atoms with Gasteiger partial charge in [-0.05, 0) is 60.0 Å². The number of benzene rings is 2. The molecular formula is C22H16ClF3N4O5S2. The van der Waals surface area contributed by atoms with Gasteiger partial charge in [0.05, 0.1) is 10.0 Å². The number of fused-ring (bicyclic) bond motifs is 1. The third kappa shape index (κ3) is 6.15. The Morgan fingerprint density at radius 2 is 1.70 bits per heavy atom. The van der Waals surface area contributed by atoms with E-state index >= 15 is 0 Å². The predicted molar refractivity (Wildman–Crippen MR) is 134 cm³/mol. The number of nitrogens with one attached hydrogen (secondary N) is 3. The fourth-order valence-electron chi connectivity index (χ4n) is 3.33. The average molecular weight is 573 g/mol. The largest absolute Gasteiger partial charge is 0.494 e. The number of amides is 2. The van der Waals surface area contributed by atoms with Gasteiger partial charge in [-0.15, -0.1) is 11.3 Å². The van der Waals surface area contributed by atoms with Crippen LogP contribution in [-0.2, 0) is 10.0 Å². The van der Waals surface area contributed by atoms with Gasteiger partial charge in [0.25, 0.3) is 15.6 Å². The van der Waals surface area contributed by atoms with Crippen LogP contribution in [0, 0.1) is 0 Å². The summed E-state index contributed by atoms with van der Waals surface area (Å²) >= 11 is 6.51. The molecule has 0 aliphatic carbocycles. The number of hydrogen-bond donors (Lipinski definition) is 4. The number of pyridine rings is 1. The fraction of sp³-hybridized carbons (Fsp3) is 0.0909. The van der Waals surface area contributed by atoms with Gasteiger partial charge in [-0.25, -0.2) is 22.5 Å². The Morgan fingerprint density at radius 1 is 1.03 bits per heavy atom. The lowest BCUT2D eigenvalue weighted by molar-refractivity contribution is -0.115. The van der Waals surface area contributed by atoms with E-state index in [9.17, 15) is 36.3 Å². The molecule has 0 saturated heterocycles. The molecule has 4 aromatic rings. The first-order valence-corrected chi connectivity index (χ1v) is 12.9. The second kappa shape index (κ2) is 9.95. The first-order valence-electron chi connectivity index (χ1n) is 10.2. The number of sulfonamides is 1. The van der Waals surface area contributed by atoms with E-state index in [1.807, 2.05) is 4.72 Å². The Morgan fingerprint density at radius 3 is 2.32 bits per heavy atom. The lowest BCUT2D eigenvalue weighted by Crippen LogP contribution is -2.33. The number of carbonyl (C=O) groups is 1. The molecule has 0 fully saturated rings. The molecule has 0 saturated carbocycles. The number of halogens is 4. The highest BCUT2D eigenvalue weighted by Crippen LogP contribution is 2.29. The number of alkyl halides is 3. The smallest absolute Gasteiger partial charge is 0.405 e. The normalized spacial score (nSPS) is 11.9. The van der Waals surface area contributed by atoms with Gasteiger partial charge in [0.2, 0.25) is 5.88 Å². The number of aromatic hydroxyl groups is 1. The highest BCUT2D eigenvalue weighted by atomic mass is 35.5. The quantitative estimate of drug-likeness (QED) is 0.260. The van der Waals surface area contributed by atoms with Crippen LogP contribution in [0.1, 0.15) is 0 Å².